The van der Waals surface area contributed by atoms with Gasteiger partial charge in [-0.2, -0.15) is 0 Å². The third-order valence-corrected chi connectivity index (χ3v) is 6.84. The average molecular weight is 439 g/mol. The van der Waals surface area contributed by atoms with Gasteiger partial charge in [0.25, 0.3) is 15.9 Å². The molecule has 31 heavy (non-hydrogen) atoms. The first kappa shape index (κ1) is 22.4. The van der Waals surface area contributed by atoms with Crippen LogP contribution in [0.4, 0.5) is 5.69 Å². The second-order valence-corrected chi connectivity index (χ2v) is 9.12. The number of aryl methyl sites for hydroxylation is 1. The van der Waals surface area contributed by atoms with E-state index in [1.54, 1.807) is 55.6 Å². The number of para-hydroxylation sites is 1. The minimum absolute atomic E-state index is 0.217. The maximum absolute atomic E-state index is 12.8. The summed E-state index contributed by atoms with van der Waals surface area (Å²) in [7, 11) is -0.555. The highest BCUT2D eigenvalue weighted by Gasteiger charge is 2.21. The SMILES string of the molecule is COc1ccccc1CCNC(=O)c1ccc(N(C)S(=O)(=O)c2ccc(C)cc2)cc1. The number of carbonyl (C=O) groups excluding carboxylic acids is 1. The van der Waals surface area contributed by atoms with Crippen molar-refractivity contribution in [2.24, 2.45) is 0 Å². The zero-order chi connectivity index (χ0) is 22.4. The van der Waals surface area contributed by atoms with Crippen LogP contribution in [0.2, 0.25) is 0 Å². The number of anilines is 1. The van der Waals surface area contributed by atoms with Crippen LogP contribution in [0.3, 0.4) is 0 Å². The van der Waals surface area contributed by atoms with Crippen molar-refractivity contribution in [3.63, 3.8) is 0 Å². The van der Waals surface area contributed by atoms with Crippen LogP contribution in [0.15, 0.2) is 77.7 Å². The Kier molecular flexibility index (Phi) is 6.97. The number of rotatable bonds is 8. The van der Waals surface area contributed by atoms with E-state index in [1.807, 2.05) is 31.2 Å². The molecule has 0 aromatic heterocycles. The molecule has 0 saturated heterocycles. The standard InChI is InChI=1S/C24H26N2O4S/c1-18-8-14-22(15-9-18)31(28,29)26(2)21-12-10-20(11-13-21)24(27)25-17-16-19-6-4-5-7-23(19)30-3/h4-15H,16-17H2,1-3H3,(H,25,27). The van der Waals surface area contributed by atoms with Crippen LogP contribution < -0.4 is 14.4 Å². The minimum Gasteiger partial charge on any atom is -0.496 e. The zero-order valence-electron chi connectivity index (χ0n) is 17.8. The fourth-order valence-corrected chi connectivity index (χ4v) is 4.35. The summed E-state index contributed by atoms with van der Waals surface area (Å²) in [6, 6.07) is 20.9. The van der Waals surface area contributed by atoms with Gasteiger partial charge in [-0.15, -0.1) is 0 Å². The highest BCUT2D eigenvalue weighted by atomic mass is 32.2. The van der Waals surface area contributed by atoms with E-state index in [0.29, 0.717) is 24.2 Å². The lowest BCUT2D eigenvalue weighted by Crippen LogP contribution is -2.27. The lowest BCUT2D eigenvalue weighted by molar-refractivity contribution is 0.0954. The number of carbonyl (C=O) groups is 1. The molecule has 3 rings (SSSR count). The molecule has 3 aromatic carbocycles. The molecule has 3 aromatic rings. The number of nitrogens with zero attached hydrogens (tertiary/aromatic N) is 1. The molecule has 0 saturated carbocycles. The molecule has 0 unspecified atom stereocenters. The third-order valence-electron chi connectivity index (χ3n) is 5.04. The zero-order valence-corrected chi connectivity index (χ0v) is 18.6. The molecule has 7 heteroatoms. The first-order valence-corrected chi connectivity index (χ1v) is 11.3. The van der Waals surface area contributed by atoms with Crippen LogP contribution in [0, 0.1) is 6.92 Å². The molecule has 0 bridgehead atoms. The summed E-state index contributed by atoms with van der Waals surface area (Å²) in [6.07, 6.45) is 0.644. The van der Waals surface area contributed by atoms with Crippen molar-refractivity contribution >= 4 is 21.6 Å². The fourth-order valence-electron chi connectivity index (χ4n) is 3.15. The van der Waals surface area contributed by atoms with E-state index >= 15 is 0 Å². The predicted octanol–water partition coefficient (Wildman–Crippen LogP) is 3.80. The first-order chi connectivity index (χ1) is 14.8. The molecule has 6 nitrogen and oxygen atoms in total. The maximum Gasteiger partial charge on any atom is 0.264 e. The summed E-state index contributed by atoms with van der Waals surface area (Å²) in [4.78, 5) is 12.7. The third kappa shape index (κ3) is 5.24. The summed E-state index contributed by atoms with van der Waals surface area (Å²) in [5.74, 6) is 0.574. The molecule has 0 aliphatic rings. The molecular weight excluding hydrogens is 412 g/mol. The van der Waals surface area contributed by atoms with E-state index in [4.69, 9.17) is 4.74 Å². The Hall–Kier alpha value is -3.32. The van der Waals surface area contributed by atoms with Crippen molar-refractivity contribution in [2.45, 2.75) is 18.2 Å². The molecule has 1 amide bonds. The van der Waals surface area contributed by atoms with E-state index in [0.717, 1.165) is 16.9 Å². The molecule has 0 fully saturated rings. The summed E-state index contributed by atoms with van der Waals surface area (Å²) < 4.78 is 32.2. The Morgan fingerprint density at radius 3 is 2.26 bits per heavy atom. The van der Waals surface area contributed by atoms with Gasteiger partial charge in [-0.25, -0.2) is 8.42 Å². The van der Waals surface area contributed by atoms with Gasteiger partial charge in [0.1, 0.15) is 5.75 Å². The smallest absolute Gasteiger partial charge is 0.264 e. The molecule has 0 heterocycles. The van der Waals surface area contributed by atoms with Crippen LogP contribution in [-0.2, 0) is 16.4 Å². The summed E-state index contributed by atoms with van der Waals surface area (Å²) in [5, 5.41) is 2.88. The van der Waals surface area contributed by atoms with Gasteiger partial charge in [0.15, 0.2) is 0 Å². The van der Waals surface area contributed by atoms with Crippen molar-refractivity contribution in [3.8, 4) is 5.75 Å². The average Bonchev–Trinajstić information content (AvgIpc) is 2.79. The minimum atomic E-state index is -3.67. The summed E-state index contributed by atoms with van der Waals surface area (Å²) in [6.45, 7) is 2.36. The normalized spacial score (nSPS) is 11.1. The van der Waals surface area contributed by atoms with Gasteiger partial charge in [-0.1, -0.05) is 35.9 Å². The largest absolute Gasteiger partial charge is 0.496 e. The molecule has 0 spiro atoms. The molecule has 162 valence electrons. The van der Waals surface area contributed by atoms with Crippen molar-refractivity contribution in [3.05, 3.63) is 89.5 Å². The van der Waals surface area contributed by atoms with E-state index in [1.165, 1.54) is 11.4 Å². The van der Waals surface area contributed by atoms with Crippen LogP contribution in [0.5, 0.6) is 5.75 Å². The number of sulfonamides is 1. The van der Waals surface area contributed by atoms with E-state index in [9.17, 15) is 13.2 Å². The number of nitrogens with one attached hydrogen (secondary N) is 1. The number of amides is 1. The van der Waals surface area contributed by atoms with Gasteiger partial charge in [0.2, 0.25) is 0 Å². The molecule has 0 radical (unpaired) electrons. The number of hydrogen-bond donors (Lipinski definition) is 1. The quantitative estimate of drug-likeness (QED) is 0.580. The maximum atomic E-state index is 12.8. The predicted molar refractivity (Wildman–Crippen MR) is 122 cm³/mol. The van der Waals surface area contributed by atoms with Gasteiger partial charge < -0.3 is 10.1 Å². The first-order valence-electron chi connectivity index (χ1n) is 9.88. The lowest BCUT2D eigenvalue weighted by Gasteiger charge is -2.20. The Labute approximate surface area is 183 Å². The monoisotopic (exact) mass is 438 g/mol. The van der Waals surface area contributed by atoms with Crippen LogP contribution in [0.25, 0.3) is 0 Å². The summed E-state index contributed by atoms with van der Waals surface area (Å²) in [5.41, 5.74) is 2.95. The van der Waals surface area contributed by atoms with Crippen molar-refractivity contribution in [1.29, 1.82) is 0 Å². The molecular formula is C24H26N2O4S. The fraction of sp³-hybridized carbons (Fsp3) is 0.208. The number of methoxy groups -OCH3 is 1. The summed E-state index contributed by atoms with van der Waals surface area (Å²) >= 11 is 0. The van der Waals surface area contributed by atoms with Crippen molar-refractivity contribution in [2.75, 3.05) is 25.0 Å². The molecule has 0 aliphatic heterocycles. The van der Waals surface area contributed by atoms with Crippen LogP contribution >= 0.6 is 0 Å². The molecule has 0 atom stereocenters. The van der Waals surface area contributed by atoms with Gasteiger partial charge in [-0.05, 0) is 61.4 Å². The van der Waals surface area contributed by atoms with Crippen molar-refractivity contribution < 1.29 is 17.9 Å². The van der Waals surface area contributed by atoms with Crippen molar-refractivity contribution in [1.82, 2.24) is 5.32 Å². The molecule has 1 N–H and O–H groups in total. The van der Waals surface area contributed by atoms with E-state index < -0.39 is 10.0 Å². The molecule has 0 aliphatic carbocycles. The van der Waals surface area contributed by atoms with E-state index in [2.05, 4.69) is 5.32 Å². The van der Waals surface area contributed by atoms with Gasteiger partial charge >= 0.3 is 0 Å². The van der Waals surface area contributed by atoms with Gasteiger partial charge in [0, 0.05) is 19.2 Å². The van der Waals surface area contributed by atoms with E-state index in [-0.39, 0.29) is 10.8 Å². The van der Waals surface area contributed by atoms with Gasteiger partial charge in [0.05, 0.1) is 17.7 Å². The van der Waals surface area contributed by atoms with Gasteiger partial charge in [-0.3, -0.25) is 9.10 Å². The number of benzene rings is 3. The Morgan fingerprint density at radius 1 is 0.968 bits per heavy atom. The Bertz CT molecular complexity index is 1140. The lowest BCUT2D eigenvalue weighted by atomic mass is 10.1. The second-order valence-electron chi connectivity index (χ2n) is 7.15. The second kappa shape index (κ2) is 9.66. The number of hydrogen-bond acceptors (Lipinski definition) is 4. The topological polar surface area (TPSA) is 75.7 Å². The Balaban J connectivity index is 1.63. The van der Waals surface area contributed by atoms with Crippen LogP contribution in [-0.4, -0.2) is 35.0 Å². The highest BCUT2D eigenvalue weighted by Crippen LogP contribution is 2.23. The number of ether oxygens (including phenoxy) is 1. The Morgan fingerprint density at radius 2 is 1.61 bits per heavy atom. The highest BCUT2D eigenvalue weighted by molar-refractivity contribution is 7.92. The van der Waals surface area contributed by atoms with Crippen LogP contribution in [0.1, 0.15) is 21.5 Å².